The number of carbonyl (C=O) groups excluding carboxylic acids is 2. The molecule has 2 aliphatic heterocycles. The van der Waals surface area contributed by atoms with Gasteiger partial charge in [-0.3, -0.25) is 9.59 Å². The average molecular weight is 382 g/mol. The van der Waals surface area contributed by atoms with Gasteiger partial charge in [-0.25, -0.2) is 0 Å². The topological polar surface area (TPSA) is 61.4 Å². The summed E-state index contributed by atoms with van der Waals surface area (Å²) in [6.07, 6.45) is 9.15. The van der Waals surface area contributed by atoms with Crippen LogP contribution in [-0.4, -0.2) is 48.9 Å². The second-order valence-electron chi connectivity index (χ2n) is 9.62. The van der Waals surface area contributed by atoms with Crippen LogP contribution in [0.5, 0.6) is 0 Å². The van der Waals surface area contributed by atoms with Gasteiger partial charge in [-0.2, -0.15) is 0 Å². The molecule has 1 atom stereocenters. The predicted octanol–water partition coefficient (Wildman–Crippen LogP) is 1.95. The number of halogens is 1. The number of rotatable bonds is 4. The summed E-state index contributed by atoms with van der Waals surface area (Å²) in [4.78, 5) is 28.2. The zero-order valence-electron chi connectivity index (χ0n) is 15.5. The Morgan fingerprint density at radius 2 is 1.65 bits per heavy atom. The minimum atomic E-state index is -0.214. The van der Waals surface area contributed by atoms with Gasteiger partial charge in [0.05, 0.1) is 5.41 Å². The Labute approximate surface area is 162 Å². The summed E-state index contributed by atoms with van der Waals surface area (Å²) in [6.45, 7) is 3.53. The van der Waals surface area contributed by atoms with Crippen molar-refractivity contribution in [3.05, 3.63) is 0 Å². The first-order chi connectivity index (χ1) is 12.1. The SMILES string of the molecule is Cl.O=C(NCC1CNC1)C1CCCN1C(=O)C12CC3CC(CC(C3)C1)C2. The van der Waals surface area contributed by atoms with Crippen molar-refractivity contribution >= 4 is 24.2 Å². The highest BCUT2D eigenvalue weighted by Crippen LogP contribution is 2.60. The van der Waals surface area contributed by atoms with E-state index < -0.39 is 0 Å². The summed E-state index contributed by atoms with van der Waals surface area (Å²) >= 11 is 0. The van der Waals surface area contributed by atoms with Crippen LogP contribution < -0.4 is 10.6 Å². The van der Waals surface area contributed by atoms with Crippen LogP contribution in [0.1, 0.15) is 51.4 Å². The van der Waals surface area contributed by atoms with Crippen molar-refractivity contribution in [2.45, 2.75) is 57.4 Å². The standard InChI is InChI=1S/C20H31N3O2.ClH/c24-18(22-12-16-10-21-11-16)17-2-1-3-23(17)19(25)20-7-13-4-14(8-20)6-15(5-13)9-20;/h13-17,21H,1-12H2,(H,22,24);1H. The highest BCUT2D eigenvalue weighted by molar-refractivity contribution is 5.91. The zero-order chi connectivity index (χ0) is 17.0. The molecule has 6 aliphatic rings. The molecule has 0 aromatic heterocycles. The molecule has 6 fully saturated rings. The summed E-state index contributed by atoms with van der Waals surface area (Å²) in [5.74, 6) is 3.30. The van der Waals surface area contributed by atoms with Crippen LogP contribution in [0.25, 0.3) is 0 Å². The number of amides is 2. The highest BCUT2D eigenvalue weighted by Gasteiger charge is 2.56. The Hall–Kier alpha value is -0.810. The van der Waals surface area contributed by atoms with E-state index in [1.807, 2.05) is 4.90 Å². The second-order valence-corrected chi connectivity index (χ2v) is 9.62. The van der Waals surface area contributed by atoms with Crippen LogP contribution in [0.15, 0.2) is 0 Å². The van der Waals surface area contributed by atoms with Crippen molar-refractivity contribution in [2.75, 3.05) is 26.2 Å². The molecule has 5 nitrogen and oxygen atoms in total. The number of hydrogen-bond donors (Lipinski definition) is 2. The van der Waals surface area contributed by atoms with Crippen molar-refractivity contribution in [1.29, 1.82) is 0 Å². The summed E-state index contributed by atoms with van der Waals surface area (Å²) in [5, 5.41) is 6.35. The molecule has 4 aliphatic carbocycles. The lowest BCUT2D eigenvalue weighted by atomic mass is 9.49. The third-order valence-electron chi connectivity index (χ3n) is 7.74. The van der Waals surface area contributed by atoms with Crippen LogP contribution in [0.4, 0.5) is 0 Å². The molecule has 2 amide bonds. The van der Waals surface area contributed by atoms with E-state index in [-0.39, 0.29) is 29.8 Å². The highest BCUT2D eigenvalue weighted by atomic mass is 35.5. The molecule has 0 spiro atoms. The van der Waals surface area contributed by atoms with Crippen molar-refractivity contribution < 1.29 is 9.59 Å². The maximum Gasteiger partial charge on any atom is 0.242 e. The van der Waals surface area contributed by atoms with Gasteiger partial charge in [0.25, 0.3) is 0 Å². The molecule has 0 radical (unpaired) electrons. The number of carbonyl (C=O) groups is 2. The Balaban J connectivity index is 0.00000168. The molecule has 0 aromatic carbocycles. The fourth-order valence-corrected chi connectivity index (χ4v) is 6.82. The lowest BCUT2D eigenvalue weighted by molar-refractivity contribution is -0.160. The molecule has 2 saturated heterocycles. The monoisotopic (exact) mass is 381 g/mol. The molecule has 0 aromatic rings. The third-order valence-corrected chi connectivity index (χ3v) is 7.74. The van der Waals surface area contributed by atoms with Crippen molar-refractivity contribution in [1.82, 2.24) is 15.5 Å². The van der Waals surface area contributed by atoms with Gasteiger partial charge in [0.15, 0.2) is 0 Å². The number of nitrogens with zero attached hydrogens (tertiary/aromatic N) is 1. The molecule has 4 saturated carbocycles. The second kappa shape index (κ2) is 6.97. The predicted molar refractivity (Wildman–Crippen MR) is 102 cm³/mol. The molecule has 4 bridgehead atoms. The van der Waals surface area contributed by atoms with Gasteiger partial charge < -0.3 is 15.5 Å². The third kappa shape index (κ3) is 3.05. The van der Waals surface area contributed by atoms with Gasteiger partial charge in [0, 0.05) is 32.1 Å². The average Bonchev–Trinajstić information content (AvgIpc) is 3.00. The van der Waals surface area contributed by atoms with Gasteiger partial charge >= 0.3 is 0 Å². The summed E-state index contributed by atoms with van der Waals surface area (Å²) < 4.78 is 0. The van der Waals surface area contributed by atoms with E-state index in [9.17, 15) is 9.59 Å². The molecule has 26 heavy (non-hydrogen) atoms. The van der Waals surface area contributed by atoms with Crippen molar-refractivity contribution in [2.24, 2.45) is 29.1 Å². The maximum absolute atomic E-state index is 13.6. The van der Waals surface area contributed by atoms with Crippen LogP contribution in [0, 0.1) is 29.1 Å². The van der Waals surface area contributed by atoms with E-state index in [0.717, 1.165) is 76.0 Å². The van der Waals surface area contributed by atoms with Crippen LogP contribution in [0.2, 0.25) is 0 Å². The number of hydrogen-bond acceptors (Lipinski definition) is 3. The first-order valence-electron chi connectivity index (χ1n) is 10.4. The largest absolute Gasteiger partial charge is 0.354 e. The molecule has 1 unspecified atom stereocenters. The van der Waals surface area contributed by atoms with Gasteiger partial charge in [-0.1, -0.05) is 0 Å². The lowest BCUT2D eigenvalue weighted by Crippen LogP contribution is -2.57. The van der Waals surface area contributed by atoms with E-state index in [2.05, 4.69) is 10.6 Å². The summed E-state index contributed by atoms with van der Waals surface area (Å²) in [6, 6.07) is -0.214. The Morgan fingerprint density at radius 1 is 1.04 bits per heavy atom. The van der Waals surface area contributed by atoms with Gasteiger partial charge in [0.1, 0.15) is 6.04 Å². The zero-order valence-corrected chi connectivity index (χ0v) is 16.4. The quantitative estimate of drug-likeness (QED) is 0.782. The first-order valence-corrected chi connectivity index (χ1v) is 10.4. The van der Waals surface area contributed by atoms with Crippen LogP contribution in [0.3, 0.4) is 0 Å². The number of likely N-dealkylation sites (tertiary alicyclic amines) is 1. The molecule has 6 heteroatoms. The van der Waals surface area contributed by atoms with E-state index >= 15 is 0 Å². The minimum Gasteiger partial charge on any atom is -0.354 e. The molecular formula is C20H32ClN3O2. The van der Waals surface area contributed by atoms with Crippen molar-refractivity contribution in [3.8, 4) is 0 Å². The Kier molecular flexibility index (Phi) is 4.98. The van der Waals surface area contributed by atoms with Gasteiger partial charge in [0.2, 0.25) is 11.8 Å². The minimum absolute atomic E-state index is 0. The summed E-state index contributed by atoms with van der Waals surface area (Å²) in [5.41, 5.74) is -0.116. The maximum atomic E-state index is 13.6. The van der Waals surface area contributed by atoms with E-state index in [0.29, 0.717) is 11.8 Å². The molecular weight excluding hydrogens is 350 g/mol. The first kappa shape index (κ1) is 18.5. The van der Waals surface area contributed by atoms with E-state index in [1.165, 1.54) is 19.3 Å². The van der Waals surface area contributed by atoms with Crippen LogP contribution >= 0.6 is 12.4 Å². The lowest BCUT2D eigenvalue weighted by Gasteiger charge is -2.56. The molecule has 2 N–H and O–H groups in total. The molecule has 6 rings (SSSR count). The van der Waals surface area contributed by atoms with Crippen molar-refractivity contribution in [3.63, 3.8) is 0 Å². The fourth-order valence-electron chi connectivity index (χ4n) is 6.82. The Bertz CT molecular complexity index is 542. The Morgan fingerprint density at radius 3 is 2.19 bits per heavy atom. The fraction of sp³-hybridized carbons (Fsp3) is 0.900. The molecule has 2 heterocycles. The van der Waals surface area contributed by atoms with Crippen LogP contribution in [-0.2, 0) is 9.59 Å². The smallest absolute Gasteiger partial charge is 0.242 e. The molecule has 146 valence electrons. The van der Waals surface area contributed by atoms with E-state index in [1.54, 1.807) is 0 Å². The van der Waals surface area contributed by atoms with Gasteiger partial charge in [-0.15, -0.1) is 12.4 Å². The summed E-state index contributed by atoms with van der Waals surface area (Å²) in [7, 11) is 0. The van der Waals surface area contributed by atoms with Gasteiger partial charge in [-0.05, 0) is 69.1 Å². The normalized spacial score (nSPS) is 40.8. The van der Waals surface area contributed by atoms with E-state index in [4.69, 9.17) is 0 Å². The number of nitrogens with one attached hydrogen (secondary N) is 2.